The summed E-state index contributed by atoms with van der Waals surface area (Å²) in [5.74, 6) is 0. The second kappa shape index (κ2) is 35.4. The molecule has 0 N–H and O–H groups in total. The summed E-state index contributed by atoms with van der Waals surface area (Å²) in [6, 6.07) is 0.233. The van der Waals surface area contributed by atoms with Crippen LogP contribution >= 0.6 is 0 Å². The van der Waals surface area contributed by atoms with Crippen molar-refractivity contribution in [2.75, 3.05) is 0 Å². The summed E-state index contributed by atoms with van der Waals surface area (Å²) < 4.78 is 0. The summed E-state index contributed by atoms with van der Waals surface area (Å²) >= 11 is 0. The van der Waals surface area contributed by atoms with Gasteiger partial charge in [-0.15, -0.1) is 0 Å². The third-order valence-corrected chi connectivity index (χ3v) is 8.77. The summed E-state index contributed by atoms with van der Waals surface area (Å²) in [5, 5.41) is 0. The van der Waals surface area contributed by atoms with Crippen LogP contribution in [0.15, 0.2) is 4.99 Å². The van der Waals surface area contributed by atoms with Crippen molar-refractivity contribution in [1.29, 1.82) is 0 Å². The van der Waals surface area contributed by atoms with E-state index in [1.807, 2.05) is 6.08 Å². The molecule has 0 aromatic heterocycles. The molecule has 0 fully saturated rings. The van der Waals surface area contributed by atoms with Crippen LogP contribution in [0.3, 0.4) is 0 Å². The second-order valence-electron chi connectivity index (χ2n) is 12.7. The van der Waals surface area contributed by atoms with E-state index < -0.39 is 0 Å². The van der Waals surface area contributed by atoms with Gasteiger partial charge in [-0.3, -0.25) is 0 Å². The third kappa shape index (κ3) is 33.5. The molecule has 1 unspecified atom stereocenters. The zero-order chi connectivity index (χ0) is 28.3. The molecular weight excluding hydrogens is 474 g/mol. The van der Waals surface area contributed by atoms with Crippen LogP contribution in [-0.4, -0.2) is 12.1 Å². The maximum atomic E-state index is 10.9. The second-order valence-corrected chi connectivity index (χ2v) is 12.7. The molecule has 0 rings (SSSR count). The molecule has 0 aliphatic heterocycles. The van der Waals surface area contributed by atoms with E-state index in [0.717, 1.165) is 12.8 Å². The van der Waals surface area contributed by atoms with Crippen molar-refractivity contribution in [3.63, 3.8) is 0 Å². The van der Waals surface area contributed by atoms with Gasteiger partial charge >= 0.3 is 0 Å². The minimum absolute atomic E-state index is 0.233. The van der Waals surface area contributed by atoms with Gasteiger partial charge in [0.05, 0.1) is 6.04 Å². The van der Waals surface area contributed by atoms with Crippen LogP contribution in [0.5, 0.6) is 0 Å². The number of unbranched alkanes of at least 4 members (excludes halogenated alkanes) is 29. The Morgan fingerprint density at radius 3 is 0.769 bits per heavy atom. The Kier molecular flexibility index (Phi) is 34.8. The molecule has 1 atom stereocenters. The van der Waals surface area contributed by atoms with Gasteiger partial charge in [0, 0.05) is 0 Å². The molecule has 39 heavy (non-hydrogen) atoms. The standard InChI is InChI=1S/C37H73NO/c1-3-5-7-9-11-13-15-17-19-21-23-25-27-29-31-33-35-37(38-36-39)34-32-30-28-26-24-22-20-18-16-14-12-10-8-6-4-2/h37H,3-35H2,1-2H3. The van der Waals surface area contributed by atoms with E-state index in [2.05, 4.69) is 18.8 Å². The van der Waals surface area contributed by atoms with Gasteiger partial charge in [-0.1, -0.05) is 213 Å². The van der Waals surface area contributed by atoms with Gasteiger partial charge in [0.25, 0.3) is 0 Å². The van der Waals surface area contributed by atoms with Crippen LogP contribution in [0.25, 0.3) is 0 Å². The highest BCUT2D eigenvalue weighted by Crippen LogP contribution is 2.18. The molecule has 0 bridgehead atoms. The van der Waals surface area contributed by atoms with E-state index >= 15 is 0 Å². The number of carbonyl (C=O) groups excluding carboxylic acids is 1. The highest BCUT2D eigenvalue weighted by Gasteiger charge is 2.07. The Hall–Kier alpha value is -0.620. The average molecular weight is 548 g/mol. The molecule has 0 aromatic carbocycles. The SMILES string of the molecule is CCCCCCCCCCCCCCCCCCC(CCCCCCCCCCCCCCCCC)N=C=O. The summed E-state index contributed by atoms with van der Waals surface area (Å²) in [7, 11) is 0. The van der Waals surface area contributed by atoms with E-state index in [9.17, 15) is 4.79 Å². The Balaban J connectivity index is 3.37. The molecule has 0 saturated heterocycles. The Morgan fingerprint density at radius 1 is 0.359 bits per heavy atom. The number of rotatable bonds is 34. The fourth-order valence-corrected chi connectivity index (χ4v) is 6.03. The minimum Gasteiger partial charge on any atom is -0.211 e. The van der Waals surface area contributed by atoms with Crippen LogP contribution in [0, 0.1) is 0 Å². The number of hydrogen-bond acceptors (Lipinski definition) is 2. The summed E-state index contributed by atoms with van der Waals surface area (Å²) in [6.45, 7) is 4.59. The van der Waals surface area contributed by atoms with Crippen molar-refractivity contribution in [2.24, 2.45) is 4.99 Å². The van der Waals surface area contributed by atoms with Crippen LogP contribution in [-0.2, 0) is 4.79 Å². The Bertz CT molecular complexity index is 484. The van der Waals surface area contributed by atoms with Gasteiger partial charge in [0.15, 0.2) is 0 Å². The first-order valence-corrected chi connectivity index (χ1v) is 18.4. The predicted octanol–water partition coefficient (Wildman–Crippen LogP) is 13.6. The maximum Gasteiger partial charge on any atom is 0.235 e. The lowest BCUT2D eigenvalue weighted by Gasteiger charge is -2.10. The summed E-state index contributed by atoms with van der Waals surface area (Å²) in [5.41, 5.74) is 0. The summed E-state index contributed by atoms with van der Waals surface area (Å²) in [4.78, 5) is 15.0. The van der Waals surface area contributed by atoms with E-state index in [0.29, 0.717) is 0 Å². The van der Waals surface area contributed by atoms with Crippen LogP contribution in [0.2, 0.25) is 0 Å². The van der Waals surface area contributed by atoms with Crippen molar-refractivity contribution in [2.45, 2.75) is 232 Å². The van der Waals surface area contributed by atoms with Crippen molar-refractivity contribution >= 4 is 6.08 Å². The molecule has 0 amide bonds. The smallest absolute Gasteiger partial charge is 0.211 e. The predicted molar refractivity (Wildman–Crippen MR) is 176 cm³/mol. The first-order chi connectivity index (χ1) is 19.3. The van der Waals surface area contributed by atoms with Gasteiger partial charge in [-0.25, -0.2) is 9.79 Å². The van der Waals surface area contributed by atoms with Gasteiger partial charge < -0.3 is 0 Å². The molecule has 0 aromatic rings. The van der Waals surface area contributed by atoms with Crippen molar-refractivity contribution in [3.05, 3.63) is 0 Å². The van der Waals surface area contributed by atoms with Crippen LogP contribution in [0.1, 0.15) is 226 Å². The highest BCUT2D eigenvalue weighted by atomic mass is 16.1. The molecule has 232 valence electrons. The molecular formula is C37H73NO. The fourth-order valence-electron chi connectivity index (χ4n) is 6.03. The van der Waals surface area contributed by atoms with Gasteiger partial charge in [0.1, 0.15) is 0 Å². The number of nitrogens with zero attached hydrogens (tertiary/aromatic N) is 1. The zero-order valence-electron chi connectivity index (χ0n) is 27.3. The van der Waals surface area contributed by atoms with E-state index in [-0.39, 0.29) is 6.04 Å². The first kappa shape index (κ1) is 38.4. The number of isocyanates is 1. The average Bonchev–Trinajstić information content (AvgIpc) is 2.94. The molecule has 0 heterocycles. The van der Waals surface area contributed by atoms with Gasteiger partial charge in [-0.05, 0) is 12.8 Å². The maximum absolute atomic E-state index is 10.9. The molecule has 0 aliphatic carbocycles. The van der Waals surface area contributed by atoms with E-state index in [4.69, 9.17) is 0 Å². The lowest BCUT2D eigenvalue weighted by Crippen LogP contribution is -2.04. The number of hydrogen-bond donors (Lipinski definition) is 0. The quantitative estimate of drug-likeness (QED) is 0.0447. The molecule has 0 radical (unpaired) electrons. The Morgan fingerprint density at radius 2 is 0.564 bits per heavy atom. The molecule has 2 heteroatoms. The van der Waals surface area contributed by atoms with Gasteiger partial charge in [-0.2, -0.15) is 0 Å². The molecule has 0 spiro atoms. The number of aliphatic imine (C=N–C) groups is 1. The van der Waals surface area contributed by atoms with E-state index in [1.54, 1.807) is 0 Å². The topological polar surface area (TPSA) is 29.4 Å². The largest absolute Gasteiger partial charge is 0.235 e. The van der Waals surface area contributed by atoms with Crippen LogP contribution < -0.4 is 0 Å². The molecule has 0 saturated carbocycles. The van der Waals surface area contributed by atoms with Crippen molar-refractivity contribution < 1.29 is 4.79 Å². The molecule has 2 nitrogen and oxygen atoms in total. The van der Waals surface area contributed by atoms with Gasteiger partial charge in [0.2, 0.25) is 6.08 Å². The fraction of sp³-hybridized carbons (Fsp3) is 0.973. The Labute approximate surface area is 247 Å². The van der Waals surface area contributed by atoms with Crippen molar-refractivity contribution in [1.82, 2.24) is 0 Å². The monoisotopic (exact) mass is 548 g/mol. The minimum atomic E-state index is 0.233. The van der Waals surface area contributed by atoms with Crippen LogP contribution in [0.4, 0.5) is 0 Å². The third-order valence-electron chi connectivity index (χ3n) is 8.77. The normalized spacial score (nSPS) is 12.1. The lowest BCUT2D eigenvalue weighted by molar-refractivity contribution is 0.474. The summed E-state index contributed by atoms with van der Waals surface area (Å²) in [6.07, 6.45) is 47.5. The zero-order valence-corrected chi connectivity index (χ0v) is 27.3. The van der Waals surface area contributed by atoms with Crippen molar-refractivity contribution in [3.8, 4) is 0 Å². The molecule has 0 aliphatic rings. The highest BCUT2D eigenvalue weighted by molar-refractivity contribution is 5.33. The lowest BCUT2D eigenvalue weighted by atomic mass is 9.99. The van der Waals surface area contributed by atoms with E-state index in [1.165, 1.54) is 199 Å². The first-order valence-electron chi connectivity index (χ1n) is 18.4.